The van der Waals surface area contributed by atoms with Crippen LogP contribution in [0.1, 0.15) is 50.7 Å². The van der Waals surface area contributed by atoms with Gasteiger partial charge in [0.05, 0.1) is 28.7 Å². The van der Waals surface area contributed by atoms with Crippen LogP contribution < -0.4 is 5.32 Å². The average molecular weight is 360 g/mol. The number of nitrogens with one attached hydrogen (secondary N) is 1. The van der Waals surface area contributed by atoms with Gasteiger partial charge in [0.2, 0.25) is 0 Å². The van der Waals surface area contributed by atoms with Gasteiger partial charge >= 0.3 is 0 Å². The van der Waals surface area contributed by atoms with Crippen molar-refractivity contribution in [2.45, 2.75) is 51.2 Å². The fraction of sp³-hybridized carbons (Fsp3) is 0.364. The third kappa shape index (κ3) is 3.29. The third-order valence-corrected chi connectivity index (χ3v) is 5.22. The summed E-state index contributed by atoms with van der Waals surface area (Å²) < 4.78 is 1.86. The minimum absolute atomic E-state index is 0.285. The smallest absolute Gasteiger partial charge is 0.0910 e. The van der Waals surface area contributed by atoms with Crippen molar-refractivity contribution in [2.75, 3.05) is 5.32 Å². The van der Waals surface area contributed by atoms with Gasteiger partial charge in [0, 0.05) is 23.5 Å². The number of hydrogen-bond acceptors (Lipinski definition) is 4. The highest BCUT2D eigenvalue weighted by atomic mass is 16.3. The summed E-state index contributed by atoms with van der Waals surface area (Å²) in [6.45, 7) is 6.21. The molecule has 1 saturated carbocycles. The first-order valence-electron chi connectivity index (χ1n) is 9.30. The van der Waals surface area contributed by atoms with Crippen molar-refractivity contribution in [3.63, 3.8) is 0 Å². The van der Waals surface area contributed by atoms with Gasteiger partial charge in [-0.3, -0.25) is 4.98 Å². The summed E-state index contributed by atoms with van der Waals surface area (Å²) in [5.41, 5.74) is 5.18. The lowest BCUT2D eigenvalue weighted by atomic mass is 9.77. The van der Waals surface area contributed by atoms with Crippen molar-refractivity contribution >= 4 is 11.2 Å². The van der Waals surface area contributed by atoms with E-state index in [0.717, 1.165) is 41.0 Å². The summed E-state index contributed by atoms with van der Waals surface area (Å²) in [4.78, 5) is 4.68. The van der Waals surface area contributed by atoms with Crippen molar-refractivity contribution in [3.8, 4) is 23.7 Å². The number of hydrogen-bond donors (Lipinski definition) is 2. The largest absolute Gasteiger partial charge is 0.390 e. The molecule has 0 radical (unpaired) electrons. The van der Waals surface area contributed by atoms with Gasteiger partial charge in [-0.2, -0.15) is 5.10 Å². The van der Waals surface area contributed by atoms with Gasteiger partial charge in [-0.1, -0.05) is 19.8 Å². The van der Waals surface area contributed by atoms with Gasteiger partial charge in [0.25, 0.3) is 0 Å². The van der Waals surface area contributed by atoms with Crippen LogP contribution in [-0.2, 0) is 0 Å². The van der Waals surface area contributed by atoms with E-state index in [-0.39, 0.29) is 6.04 Å². The molecule has 0 bridgehead atoms. The molecule has 138 valence electrons. The second kappa shape index (κ2) is 6.40. The minimum Gasteiger partial charge on any atom is -0.390 e. The van der Waals surface area contributed by atoms with Crippen molar-refractivity contribution in [1.82, 2.24) is 14.6 Å². The Kier molecular flexibility index (Phi) is 4.16. The number of aliphatic hydroxyl groups is 1. The molecule has 5 heteroatoms. The van der Waals surface area contributed by atoms with E-state index in [1.54, 1.807) is 6.20 Å². The normalized spacial score (nSPS) is 21.9. The molecule has 3 aromatic heterocycles. The average Bonchev–Trinajstić information content (AvgIpc) is 3.02. The second-order valence-corrected chi connectivity index (χ2v) is 8.00. The van der Waals surface area contributed by atoms with E-state index in [1.807, 2.05) is 35.8 Å². The number of fused-ring (bicyclic) bond motifs is 1. The van der Waals surface area contributed by atoms with Crippen molar-refractivity contribution in [2.24, 2.45) is 0 Å². The predicted molar refractivity (Wildman–Crippen MR) is 108 cm³/mol. The van der Waals surface area contributed by atoms with Crippen LogP contribution in [0.15, 0.2) is 36.7 Å². The number of rotatable bonds is 4. The monoisotopic (exact) mass is 360 g/mol. The molecule has 0 atom stereocenters. The number of pyridine rings is 1. The molecule has 0 spiro atoms. The molecule has 1 aliphatic rings. The highest BCUT2D eigenvalue weighted by molar-refractivity contribution is 5.69. The maximum absolute atomic E-state index is 10.0. The lowest BCUT2D eigenvalue weighted by Gasteiger charge is -2.42. The lowest BCUT2D eigenvalue weighted by molar-refractivity contribution is -0.0234. The molecule has 4 rings (SSSR count). The van der Waals surface area contributed by atoms with Crippen molar-refractivity contribution in [3.05, 3.63) is 47.8 Å². The Morgan fingerprint density at radius 1 is 1.30 bits per heavy atom. The summed E-state index contributed by atoms with van der Waals surface area (Å²) in [6, 6.07) is 8.32. The Hall–Kier alpha value is -2.84. The van der Waals surface area contributed by atoms with Crippen LogP contribution in [0.5, 0.6) is 0 Å². The van der Waals surface area contributed by atoms with Crippen molar-refractivity contribution in [1.29, 1.82) is 0 Å². The fourth-order valence-electron chi connectivity index (χ4n) is 3.79. The van der Waals surface area contributed by atoms with Gasteiger partial charge in [-0.05, 0) is 55.5 Å². The van der Waals surface area contributed by atoms with E-state index in [9.17, 15) is 5.11 Å². The van der Waals surface area contributed by atoms with Gasteiger partial charge in [0.1, 0.15) is 0 Å². The maximum atomic E-state index is 10.0. The molecule has 5 nitrogen and oxygen atoms in total. The molecule has 0 aliphatic heterocycles. The zero-order valence-electron chi connectivity index (χ0n) is 15.9. The van der Waals surface area contributed by atoms with E-state index in [2.05, 4.69) is 41.2 Å². The summed E-state index contributed by atoms with van der Waals surface area (Å²) >= 11 is 0. The molecular formula is C22H24N4O. The second-order valence-electron chi connectivity index (χ2n) is 8.00. The molecule has 0 unspecified atom stereocenters. The Morgan fingerprint density at radius 3 is 2.74 bits per heavy atom. The number of terminal acetylenes is 1. The van der Waals surface area contributed by atoms with Crippen LogP contribution >= 0.6 is 0 Å². The first-order chi connectivity index (χ1) is 12.9. The molecule has 3 heterocycles. The topological polar surface area (TPSA) is 62.5 Å². The van der Waals surface area contributed by atoms with E-state index in [0.29, 0.717) is 5.92 Å². The zero-order chi connectivity index (χ0) is 19.2. The van der Waals surface area contributed by atoms with Crippen LogP contribution in [0.4, 0.5) is 5.69 Å². The Balaban J connectivity index is 1.71. The summed E-state index contributed by atoms with van der Waals surface area (Å²) in [7, 11) is 0. The summed E-state index contributed by atoms with van der Waals surface area (Å²) in [5.74, 6) is 2.97. The first kappa shape index (κ1) is 17.6. The number of aromatic nitrogens is 3. The molecule has 2 N–H and O–H groups in total. The van der Waals surface area contributed by atoms with Crippen LogP contribution in [0.2, 0.25) is 0 Å². The summed E-state index contributed by atoms with van der Waals surface area (Å²) in [5, 5.41) is 18.1. The molecule has 0 saturated heterocycles. The van der Waals surface area contributed by atoms with Crippen LogP contribution in [-0.4, -0.2) is 31.3 Å². The molecule has 27 heavy (non-hydrogen) atoms. The van der Waals surface area contributed by atoms with Gasteiger partial charge in [-0.15, -0.1) is 6.42 Å². The molecule has 1 aliphatic carbocycles. The van der Waals surface area contributed by atoms with Crippen molar-refractivity contribution < 1.29 is 5.11 Å². The molecule has 0 amide bonds. The highest BCUT2D eigenvalue weighted by Crippen LogP contribution is 2.36. The quantitative estimate of drug-likeness (QED) is 0.694. The number of nitrogens with zero attached hydrogens (tertiary/aromatic N) is 3. The predicted octanol–water partition coefficient (Wildman–Crippen LogP) is 3.83. The Morgan fingerprint density at radius 2 is 2.07 bits per heavy atom. The summed E-state index contributed by atoms with van der Waals surface area (Å²) in [6.07, 6.45) is 10.6. The van der Waals surface area contributed by atoms with E-state index >= 15 is 0 Å². The van der Waals surface area contributed by atoms with E-state index in [4.69, 9.17) is 6.42 Å². The molecule has 0 aromatic carbocycles. The van der Waals surface area contributed by atoms with Crippen LogP contribution in [0.25, 0.3) is 16.9 Å². The SMILES string of the molecule is C#Cc1cnn2c(-c3cc(NC4CC(C)(O)C4)c(C(C)C)cn3)ccc2c1. The zero-order valence-corrected chi connectivity index (χ0v) is 15.9. The van der Waals surface area contributed by atoms with E-state index in [1.165, 1.54) is 5.56 Å². The van der Waals surface area contributed by atoms with E-state index < -0.39 is 5.60 Å². The number of anilines is 1. The van der Waals surface area contributed by atoms with Crippen LogP contribution in [0, 0.1) is 12.3 Å². The van der Waals surface area contributed by atoms with Crippen LogP contribution in [0.3, 0.4) is 0 Å². The minimum atomic E-state index is -0.554. The van der Waals surface area contributed by atoms with Gasteiger partial charge in [-0.25, -0.2) is 4.52 Å². The Bertz CT molecular complexity index is 1030. The maximum Gasteiger partial charge on any atom is 0.0910 e. The first-order valence-corrected chi connectivity index (χ1v) is 9.30. The van der Waals surface area contributed by atoms with Gasteiger partial charge in [0.15, 0.2) is 0 Å². The molecular weight excluding hydrogens is 336 g/mol. The molecule has 1 fully saturated rings. The Labute approximate surface area is 159 Å². The molecule has 3 aromatic rings. The third-order valence-electron chi connectivity index (χ3n) is 5.22. The standard InChI is InChI=1S/C22H24N4O/c1-5-15-8-17-6-7-21(26(17)24-12-15)20-9-19(18(13-23-20)14(2)3)25-16-10-22(4,27)11-16/h1,6-9,12-14,16,27H,10-11H2,2-4H3,(H,23,25). The highest BCUT2D eigenvalue weighted by Gasteiger charge is 2.38. The lowest BCUT2D eigenvalue weighted by Crippen LogP contribution is -2.48. The van der Waals surface area contributed by atoms with Gasteiger partial charge < -0.3 is 10.4 Å². The fourth-order valence-corrected chi connectivity index (χ4v) is 3.79.